The van der Waals surface area contributed by atoms with E-state index in [0.717, 1.165) is 0 Å². The second-order valence-corrected chi connectivity index (χ2v) is 7.95. The molecule has 0 fully saturated rings. The van der Waals surface area contributed by atoms with E-state index in [1.807, 2.05) is 27.7 Å². The molecule has 29 heavy (non-hydrogen) atoms. The third-order valence-corrected chi connectivity index (χ3v) is 4.46. The molecule has 1 N–H and O–H groups in total. The summed E-state index contributed by atoms with van der Waals surface area (Å²) in [7, 11) is 0. The van der Waals surface area contributed by atoms with Crippen molar-refractivity contribution in [1.82, 2.24) is 0 Å². The highest BCUT2D eigenvalue weighted by molar-refractivity contribution is 6.30. The minimum atomic E-state index is -1.19. The Labute approximate surface area is 169 Å². The highest BCUT2D eigenvalue weighted by Gasteiger charge is 2.36. The van der Waals surface area contributed by atoms with Gasteiger partial charge in [0, 0.05) is 11.1 Å². The molecule has 2 aromatic rings. The lowest BCUT2D eigenvalue weighted by molar-refractivity contribution is 0.0695. The van der Waals surface area contributed by atoms with Crippen molar-refractivity contribution in [3.63, 3.8) is 0 Å². The van der Waals surface area contributed by atoms with E-state index in [9.17, 15) is 19.5 Å². The van der Waals surface area contributed by atoms with Crippen molar-refractivity contribution in [2.24, 2.45) is 11.8 Å². The number of aromatic carboxylic acids is 1. The number of fused-ring (bicyclic) bond motifs is 2. The highest BCUT2D eigenvalue weighted by atomic mass is 16.5. The first-order valence-corrected chi connectivity index (χ1v) is 9.60. The molecule has 0 saturated heterocycles. The largest absolute Gasteiger partial charge is 0.493 e. The maximum atomic E-state index is 13.4. The summed E-state index contributed by atoms with van der Waals surface area (Å²) in [6.45, 7) is 8.54. The molecular formula is C23H24O6. The Bertz CT molecular complexity index is 987. The van der Waals surface area contributed by atoms with Crippen LogP contribution in [0.15, 0.2) is 30.3 Å². The Kier molecular flexibility index (Phi) is 5.73. The zero-order chi connectivity index (χ0) is 21.3. The molecule has 152 valence electrons. The second-order valence-electron chi connectivity index (χ2n) is 7.95. The van der Waals surface area contributed by atoms with E-state index in [2.05, 4.69) is 0 Å². The number of carbonyl (C=O) groups excluding carboxylic acids is 2. The summed E-state index contributed by atoms with van der Waals surface area (Å²) in [5.74, 6) is -1.15. The van der Waals surface area contributed by atoms with Gasteiger partial charge >= 0.3 is 5.97 Å². The van der Waals surface area contributed by atoms with Crippen molar-refractivity contribution < 1.29 is 29.0 Å². The van der Waals surface area contributed by atoms with E-state index in [0.29, 0.717) is 12.4 Å². The molecule has 2 aromatic carbocycles. The van der Waals surface area contributed by atoms with Gasteiger partial charge in [-0.3, -0.25) is 9.59 Å². The van der Waals surface area contributed by atoms with E-state index in [1.165, 1.54) is 12.1 Å². The van der Waals surface area contributed by atoms with Crippen molar-refractivity contribution in [2.75, 3.05) is 13.2 Å². The highest BCUT2D eigenvalue weighted by Crippen LogP contribution is 2.38. The van der Waals surface area contributed by atoms with Gasteiger partial charge in [-0.1, -0.05) is 39.8 Å². The molecule has 6 nitrogen and oxygen atoms in total. The van der Waals surface area contributed by atoms with Gasteiger partial charge in [0.1, 0.15) is 11.5 Å². The minimum absolute atomic E-state index is 0.0437. The summed E-state index contributed by atoms with van der Waals surface area (Å²) in [6, 6.07) is 7.42. The molecule has 0 bridgehead atoms. The Morgan fingerprint density at radius 2 is 1.45 bits per heavy atom. The van der Waals surface area contributed by atoms with Crippen molar-refractivity contribution in [1.29, 1.82) is 0 Å². The molecule has 0 atom stereocenters. The lowest BCUT2D eigenvalue weighted by Crippen LogP contribution is -2.24. The number of ether oxygens (including phenoxy) is 2. The van der Waals surface area contributed by atoms with Gasteiger partial charge in [-0.25, -0.2) is 4.79 Å². The molecule has 0 spiro atoms. The van der Waals surface area contributed by atoms with Crippen molar-refractivity contribution in [3.05, 3.63) is 58.1 Å². The Morgan fingerprint density at radius 3 is 2.03 bits per heavy atom. The first kappa shape index (κ1) is 20.6. The van der Waals surface area contributed by atoms with Crippen LogP contribution in [0.4, 0.5) is 0 Å². The minimum Gasteiger partial charge on any atom is -0.493 e. The smallest absolute Gasteiger partial charge is 0.335 e. The van der Waals surface area contributed by atoms with Crippen LogP contribution in [0.3, 0.4) is 0 Å². The second kappa shape index (κ2) is 8.07. The van der Waals surface area contributed by atoms with Crippen LogP contribution in [0.25, 0.3) is 0 Å². The van der Waals surface area contributed by atoms with E-state index in [1.54, 1.807) is 18.2 Å². The van der Waals surface area contributed by atoms with Crippen LogP contribution >= 0.6 is 0 Å². The van der Waals surface area contributed by atoms with Gasteiger partial charge in [0.2, 0.25) is 5.78 Å². The first-order valence-electron chi connectivity index (χ1n) is 9.60. The number of benzene rings is 2. The zero-order valence-electron chi connectivity index (χ0n) is 16.9. The number of hydrogen-bond acceptors (Lipinski definition) is 5. The predicted octanol–water partition coefficient (Wildman–Crippen LogP) is 4.23. The summed E-state index contributed by atoms with van der Waals surface area (Å²) in [5.41, 5.74) is 0.444. The molecule has 0 unspecified atom stereocenters. The van der Waals surface area contributed by atoms with E-state index < -0.39 is 17.5 Å². The summed E-state index contributed by atoms with van der Waals surface area (Å²) >= 11 is 0. The number of carbonyl (C=O) groups is 3. The molecule has 1 aliphatic rings. The summed E-state index contributed by atoms with van der Waals surface area (Å²) in [5, 5.41) is 9.43. The lowest BCUT2D eigenvalue weighted by Gasteiger charge is -2.23. The standard InChI is InChI=1S/C23H24O6/c1-12(2)10-28-17-7-5-6-15-19(17)22(25)20-16(21(15)24)8-14(23(26)27)9-18(20)29-11-13(3)4/h5-9,12-13H,10-11H2,1-4H3,(H,26,27). The van der Waals surface area contributed by atoms with Gasteiger partial charge in [-0.05, 0) is 30.0 Å². The topological polar surface area (TPSA) is 89.9 Å². The lowest BCUT2D eigenvalue weighted by atomic mass is 9.82. The third-order valence-electron chi connectivity index (χ3n) is 4.46. The van der Waals surface area contributed by atoms with Crippen LogP contribution in [0.1, 0.15) is 69.9 Å². The molecular weight excluding hydrogens is 372 g/mol. The van der Waals surface area contributed by atoms with Crippen molar-refractivity contribution in [2.45, 2.75) is 27.7 Å². The molecule has 3 rings (SSSR count). The van der Waals surface area contributed by atoms with Gasteiger partial charge in [-0.15, -0.1) is 0 Å². The van der Waals surface area contributed by atoms with Crippen LogP contribution in [0.2, 0.25) is 0 Å². The monoisotopic (exact) mass is 396 g/mol. The number of carboxylic acids is 1. The van der Waals surface area contributed by atoms with Gasteiger partial charge in [0.15, 0.2) is 5.78 Å². The fourth-order valence-corrected chi connectivity index (χ4v) is 3.12. The zero-order valence-corrected chi connectivity index (χ0v) is 16.9. The fourth-order valence-electron chi connectivity index (χ4n) is 3.12. The van der Waals surface area contributed by atoms with Crippen LogP contribution in [-0.4, -0.2) is 35.9 Å². The summed E-state index contributed by atoms with van der Waals surface area (Å²) in [4.78, 5) is 38.1. The SMILES string of the molecule is CC(C)COc1cccc2c1C(=O)c1c(OCC(C)C)cc(C(=O)O)cc1C2=O. The van der Waals surface area contributed by atoms with Crippen molar-refractivity contribution in [3.8, 4) is 11.5 Å². The maximum absolute atomic E-state index is 13.4. The average Bonchev–Trinajstić information content (AvgIpc) is 2.67. The fraction of sp³-hybridized carbons (Fsp3) is 0.348. The molecule has 0 amide bonds. The number of rotatable bonds is 7. The van der Waals surface area contributed by atoms with Crippen LogP contribution in [0.5, 0.6) is 11.5 Å². The number of hydrogen-bond donors (Lipinski definition) is 1. The molecule has 0 heterocycles. The molecule has 0 radical (unpaired) electrons. The van der Waals surface area contributed by atoms with Gasteiger partial charge in [0.05, 0.1) is 29.9 Å². The maximum Gasteiger partial charge on any atom is 0.335 e. The molecule has 0 saturated carbocycles. The predicted molar refractivity (Wildman–Crippen MR) is 107 cm³/mol. The van der Waals surface area contributed by atoms with Gasteiger partial charge in [0.25, 0.3) is 0 Å². The molecule has 0 aromatic heterocycles. The third kappa shape index (κ3) is 4.01. The van der Waals surface area contributed by atoms with Crippen LogP contribution in [0, 0.1) is 11.8 Å². The molecule has 0 aliphatic heterocycles. The van der Waals surface area contributed by atoms with Gasteiger partial charge in [-0.2, -0.15) is 0 Å². The Morgan fingerprint density at radius 1 is 0.862 bits per heavy atom. The van der Waals surface area contributed by atoms with Crippen LogP contribution < -0.4 is 9.47 Å². The Hall–Kier alpha value is -3.15. The van der Waals surface area contributed by atoms with E-state index in [-0.39, 0.29) is 52.0 Å². The summed E-state index contributed by atoms with van der Waals surface area (Å²) < 4.78 is 11.5. The van der Waals surface area contributed by atoms with Gasteiger partial charge < -0.3 is 14.6 Å². The summed E-state index contributed by atoms with van der Waals surface area (Å²) in [6.07, 6.45) is 0. The van der Waals surface area contributed by atoms with Crippen LogP contribution in [-0.2, 0) is 0 Å². The molecule has 1 aliphatic carbocycles. The first-order chi connectivity index (χ1) is 13.7. The molecule has 6 heteroatoms. The number of ketones is 2. The average molecular weight is 396 g/mol. The van der Waals surface area contributed by atoms with Crippen molar-refractivity contribution >= 4 is 17.5 Å². The normalized spacial score (nSPS) is 12.8. The number of carboxylic acid groups (broad SMARTS) is 1. The van der Waals surface area contributed by atoms with E-state index in [4.69, 9.17) is 9.47 Å². The van der Waals surface area contributed by atoms with E-state index >= 15 is 0 Å². The Balaban J connectivity index is 2.17. The quantitative estimate of drug-likeness (QED) is 0.643.